The highest BCUT2D eigenvalue weighted by Gasteiger charge is 2.21. The molecule has 0 spiro atoms. The second-order valence-electron chi connectivity index (χ2n) is 5.47. The number of piperidine rings is 1. The maximum absolute atomic E-state index is 11.9. The summed E-state index contributed by atoms with van der Waals surface area (Å²) in [6, 6.07) is 6.66. The van der Waals surface area contributed by atoms with Gasteiger partial charge in [-0.1, -0.05) is 18.5 Å². The standard InChI is InChI=1S/C16H20ClNO4/c1-12-6-8-18(9-7-12)15(19)10-22-16(20)11-21-14-4-2-13(17)3-5-14/h2-5,12H,6-11H2,1H3. The van der Waals surface area contributed by atoms with Gasteiger partial charge in [-0.2, -0.15) is 0 Å². The Kier molecular flexibility index (Phi) is 6.07. The fourth-order valence-electron chi connectivity index (χ4n) is 2.21. The van der Waals surface area contributed by atoms with Crippen molar-refractivity contribution in [2.75, 3.05) is 26.3 Å². The van der Waals surface area contributed by atoms with Gasteiger partial charge in [0.15, 0.2) is 13.2 Å². The van der Waals surface area contributed by atoms with Gasteiger partial charge in [-0.05, 0) is 43.0 Å². The Morgan fingerprint density at radius 1 is 1.18 bits per heavy atom. The van der Waals surface area contributed by atoms with Crippen molar-refractivity contribution in [1.29, 1.82) is 0 Å². The van der Waals surface area contributed by atoms with E-state index in [9.17, 15) is 9.59 Å². The van der Waals surface area contributed by atoms with E-state index in [4.69, 9.17) is 21.1 Å². The molecule has 0 radical (unpaired) electrons. The van der Waals surface area contributed by atoms with Crippen molar-refractivity contribution in [3.8, 4) is 5.75 Å². The van der Waals surface area contributed by atoms with Crippen molar-refractivity contribution in [3.63, 3.8) is 0 Å². The lowest BCUT2D eigenvalue weighted by Gasteiger charge is -2.30. The predicted molar refractivity (Wildman–Crippen MR) is 82.9 cm³/mol. The second kappa shape index (κ2) is 8.03. The van der Waals surface area contributed by atoms with E-state index in [1.807, 2.05) is 0 Å². The molecule has 1 aliphatic rings. The number of carbonyl (C=O) groups is 2. The highest BCUT2D eigenvalue weighted by atomic mass is 35.5. The van der Waals surface area contributed by atoms with E-state index in [-0.39, 0.29) is 19.1 Å². The van der Waals surface area contributed by atoms with Crippen LogP contribution in [0.5, 0.6) is 5.75 Å². The van der Waals surface area contributed by atoms with Gasteiger partial charge in [0.2, 0.25) is 0 Å². The van der Waals surface area contributed by atoms with Crippen LogP contribution < -0.4 is 4.74 Å². The molecule has 5 nitrogen and oxygen atoms in total. The molecule has 22 heavy (non-hydrogen) atoms. The van der Waals surface area contributed by atoms with E-state index < -0.39 is 5.97 Å². The highest BCUT2D eigenvalue weighted by Crippen LogP contribution is 2.16. The summed E-state index contributed by atoms with van der Waals surface area (Å²) in [5.41, 5.74) is 0. The normalized spacial score (nSPS) is 15.5. The van der Waals surface area contributed by atoms with Gasteiger partial charge in [-0.15, -0.1) is 0 Å². The van der Waals surface area contributed by atoms with Gasteiger partial charge in [0.1, 0.15) is 5.75 Å². The average Bonchev–Trinajstić information content (AvgIpc) is 2.52. The molecule has 0 bridgehead atoms. The third-order valence-electron chi connectivity index (χ3n) is 3.66. The Labute approximate surface area is 135 Å². The molecular formula is C16H20ClNO4. The number of nitrogens with zero attached hydrogens (tertiary/aromatic N) is 1. The third kappa shape index (κ3) is 5.22. The van der Waals surface area contributed by atoms with Crippen molar-refractivity contribution >= 4 is 23.5 Å². The van der Waals surface area contributed by atoms with E-state index in [2.05, 4.69) is 6.92 Å². The quantitative estimate of drug-likeness (QED) is 0.781. The molecule has 0 atom stereocenters. The molecular weight excluding hydrogens is 306 g/mol. The van der Waals surface area contributed by atoms with Crippen LogP contribution in [-0.4, -0.2) is 43.1 Å². The van der Waals surface area contributed by atoms with Crippen LogP contribution in [0.25, 0.3) is 0 Å². The Hall–Kier alpha value is -1.75. The van der Waals surface area contributed by atoms with Crippen molar-refractivity contribution < 1.29 is 19.1 Å². The summed E-state index contributed by atoms with van der Waals surface area (Å²) in [7, 11) is 0. The molecule has 0 saturated carbocycles. The van der Waals surface area contributed by atoms with Crippen LogP contribution >= 0.6 is 11.6 Å². The van der Waals surface area contributed by atoms with Gasteiger partial charge in [-0.25, -0.2) is 4.79 Å². The van der Waals surface area contributed by atoms with Gasteiger partial charge in [0.05, 0.1) is 0 Å². The van der Waals surface area contributed by atoms with Gasteiger partial charge in [0.25, 0.3) is 5.91 Å². The van der Waals surface area contributed by atoms with Gasteiger partial charge < -0.3 is 14.4 Å². The minimum Gasteiger partial charge on any atom is -0.482 e. The second-order valence-corrected chi connectivity index (χ2v) is 5.90. The Morgan fingerprint density at radius 2 is 1.82 bits per heavy atom. The number of benzene rings is 1. The zero-order chi connectivity index (χ0) is 15.9. The summed E-state index contributed by atoms with van der Waals surface area (Å²) in [5, 5.41) is 0.594. The van der Waals surface area contributed by atoms with Crippen LogP contribution in [0.1, 0.15) is 19.8 Å². The topological polar surface area (TPSA) is 55.8 Å². The van der Waals surface area contributed by atoms with Crippen molar-refractivity contribution in [1.82, 2.24) is 4.90 Å². The molecule has 1 saturated heterocycles. The Balaban J connectivity index is 1.66. The molecule has 0 aromatic heterocycles. The predicted octanol–water partition coefficient (Wildman–Crippen LogP) is 2.52. The van der Waals surface area contributed by atoms with Crippen LogP contribution in [0.15, 0.2) is 24.3 Å². The van der Waals surface area contributed by atoms with E-state index in [1.54, 1.807) is 29.2 Å². The lowest BCUT2D eigenvalue weighted by Crippen LogP contribution is -2.40. The number of amides is 1. The number of likely N-dealkylation sites (tertiary alicyclic amines) is 1. The van der Waals surface area contributed by atoms with Crippen LogP contribution in [0, 0.1) is 5.92 Å². The minimum absolute atomic E-state index is 0.147. The molecule has 1 aliphatic heterocycles. The maximum atomic E-state index is 11.9. The lowest BCUT2D eigenvalue weighted by atomic mass is 9.99. The first kappa shape index (κ1) is 16.6. The highest BCUT2D eigenvalue weighted by molar-refractivity contribution is 6.30. The molecule has 1 amide bonds. The molecule has 1 aromatic carbocycles. The molecule has 0 unspecified atom stereocenters. The average molecular weight is 326 g/mol. The zero-order valence-electron chi connectivity index (χ0n) is 12.6. The molecule has 0 aliphatic carbocycles. The summed E-state index contributed by atoms with van der Waals surface area (Å²) < 4.78 is 10.2. The first-order valence-electron chi connectivity index (χ1n) is 7.36. The molecule has 1 fully saturated rings. The summed E-state index contributed by atoms with van der Waals surface area (Å²) in [5.74, 6) is 0.470. The summed E-state index contributed by atoms with van der Waals surface area (Å²) in [6.07, 6.45) is 2.00. The van der Waals surface area contributed by atoms with Crippen LogP contribution in [-0.2, 0) is 14.3 Å². The van der Waals surface area contributed by atoms with Crippen molar-refractivity contribution in [2.24, 2.45) is 5.92 Å². The van der Waals surface area contributed by atoms with Crippen molar-refractivity contribution in [2.45, 2.75) is 19.8 Å². The number of carbonyl (C=O) groups excluding carboxylic acids is 2. The van der Waals surface area contributed by atoms with E-state index in [1.165, 1.54) is 0 Å². The van der Waals surface area contributed by atoms with Crippen LogP contribution in [0.2, 0.25) is 5.02 Å². The number of esters is 1. The van der Waals surface area contributed by atoms with Crippen LogP contribution in [0.3, 0.4) is 0 Å². The zero-order valence-corrected chi connectivity index (χ0v) is 13.3. The van der Waals surface area contributed by atoms with Gasteiger partial charge in [-0.3, -0.25) is 4.79 Å². The third-order valence-corrected chi connectivity index (χ3v) is 3.92. The van der Waals surface area contributed by atoms with Gasteiger partial charge >= 0.3 is 5.97 Å². The molecule has 120 valence electrons. The molecule has 1 heterocycles. The Bertz CT molecular complexity index is 509. The summed E-state index contributed by atoms with van der Waals surface area (Å²) in [4.78, 5) is 25.2. The molecule has 0 N–H and O–H groups in total. The minimum atomic E-state index is -0.561. The number of hydrogen-bond donors (Lipinski definition) is 0. The van der Waals surface area contributed by atoms with Gasteiger partial charge in [0, 0.05) is 18.1 Å². The number of ether oxygens (including phenoxy) is 2. The fourth-order valence-corrected chi connectivity index (χ4v) is 2.33. The number of hydrogen-bond acceptors (Lipinski definition) is 4. The lowest BCUT2D eigenvalue weighted by molar-refractivity contribution is -0.154. The van der Waals surface area contributed by atoms with Crippen LogP contribution in [0.4, 0.5) is 0 Å². The number of halogens is 1. The largest absolute Gasteiger partial charge is 0.482 e. The first-order chi connectivity index (χ1) is 10.5. The molecule has 2 rings (SSSR count). The van der Waals surface area contributed by atoms with E-state index >= 15 is 0 Å². The van der Waals surface area contributed by atoms with Crippen molar-refractivity contribution in [3.05, 3.63) is 29.3 Å². The smallest absolute Gasteiger partial charge is 0.344 e. The first-order valence-corrected chi connectivity index (χ1v) is 7.74. The van der Waals surface area contributed by atoms with E-state index in [0.717, 1.165) is 25.9 Å². The summed E-state index contributed by atoms with van der Waals surface area (Å²) in [6.45, 7) is 3.19. The fraction of sp³-hybridized carbons (Fsp3) is 0.500. The number of rotatable bonds is 5. The summed E-state index contributed by atoms with van der Waals surface area (Å²) >= 11 is 5.75. The molecule has 1 aromatic rings. The Morgan fingerprint density at radius 3 is 2.45 bits per heavy atom. The SMILES string of the molecule is CC1CCN(C(=O)COC(=O)COc2ccc(Cl)cc2)CC1. The van der Waals surface area contributed by atoms with E-state index in [0.29, 0.717) is 16.7 Å². The monoisotopic (exact) mass is 325 g/mol. The molecule has 6 heteroatoms. The maximum Gasteiger partial charge on any atom is 0.344 e.